The summed E-state index contributed by atoms with van der Waals surface area (Å²) in [6.07, 6.45) is -2.01. The van der Waals surface area contributed by atoms with Crippen LogP contribution in [0.15, 0.2) is 4.99 Å². The molecule has 1 rings (SSSR count). The van der Waals surface area contributed by atoms with Gasteiger partial charge in [0, 0.05) is 11.8 Å². The summed E-state index contributed by atoms with van der Waals surface area (Å²) >= 11 is 1.66. The van der Waals surface area contributed by atoms with E-state index in [1.54, 1.807) is 11.8 Å². The van der Waals surface area contributed by atoms with Gasteiger partial charge in [0.2, 0.25) is 0 Å². The predicted octanol–water partition coefficient (Wildman–Crippen LogP) is 2.43. The molecule has 1 atom stereocenters. The lowest BCUT2D eigenvalue weighted by molar-refractivity contribution is -0.173. The van der Waals surface area contributed by atoms with Crippen LogP contribution < -0.4 is 5.32 Å². The summed E-state index contributed by atoms with van der Waals surface area (Å²) in [7, 11) is 0. The number of nitrogens with zero attached hydrogens (tertiary/aromatic N) is 1. The van der Waals surface area contributed by atoms with Crippen molar-refractivity contribution in [3.63, 3.8) is 0 Å². The Morgan fingerprint density at radius 1 is 1.53 bits per heavy atom. The maximum Gasteiger partial charge on any atom is 0.411 e. The Morgan fingerprint density at radius 3 is 2.94 bits per heavy atom. The zero-order valence-electron chi connectivity index (χ0n) is 9.72. The second-order valence-electron chi connectivity index (χ2n) is 3.77. The molecule has 0 amide bonds. The first-order chi connectivity index (χ1) is 8.01. The highest BCUT2D eigenvalue weighted by atomic mass is 32.2. The van der Waals surface area contributed by atoms with E-state index in [4.69, 9.17) is 0 Å². The summed E-state index contributed by atoms with van der Waals surface area (Å²) in [5, 5.41) is 4.31. The Hall–Kier alpha value is -0.430. The number of hydrogen-bond donors (Lipinski definition) is 1. The highest BCUT2D eigenvalue weighted by Gasteiger charge is 2.27. The molecule has 0 fully saturated rings. The fourth-order valence-electron chi connectivity index (χ4n) is 1.40. The van der Waals surface area contributed by atoms with Gasteiger partial charge in [-0.15, -0.1) is 0 Å². The number of ether oxygens (including phenoxy) is 1. The van der Waals surface area contributed by atoms with Gasteiger partial charge in [-0.05, 0) is 6.42 Å². The van der Waals surface area contributed by atoms with Gasteiger partial charge in [-0.25, -0.2) is 0 Å². The smallest absolute Gasteiger partial charge is 0.370 e. The summed E-state index contributed by atoms with van der Waals surface area (Å²) in [6, 6.07) is 0. The molecule has 1 aliphatic rings. The summed E-state index contributed by atoms with van der Waals surface area (Å²) in [5.74, 6) is 0. The Labute approximate surface area is 103 Å². The van der Waals surface area contributed by atoms with Crippen molar-refractivity contribution in [2.45, 2.75) is 31.2 Å². The zero-order valence-corrected chi connectivity index (χ0v) is 10.5. The van der Waals surface area contributed by atoms with E-state index in [9.17, 15) is 13.2 Å². The van der Waals surface area contributed by atoms with Crippen molar-refractivity contribution in [2.75, 3.05) is 26.3 Å². The molecule has 0 aromatic carbocycles. The summed E-state index contributed by atoms with van der Waals surface area (Å²) in [4.78, 5) is 4.27. The molecule has 0 saturated heterocycles. The second kappa shape index (κ2) is 7.10. The van der Waals surface area contributed by atoms with Gasteiger partial charge >= 0.3 is 6.18 Å². The van der Waals surface area contributed by atoms with Crippen molar-refractivity contribution in [3.05, 3.63) is 0 Å². The monoisotopic (exact) mass is 270 g/mol. The third kappa shape index (κ3) is 6.78. The van der Waals surface area contributed by atoms with Gasteiger partial charge in [0.1, 0.15) is 6.61 Å². The number of nitrogens with one attached hydrogen (secondary N) is 1. The van der Waals surface area contributed by atoms with E-state index in [-0.39, 0.29) is 6.61 Å². The minimum Gasteiger partial charge on any atom is -0.370 e. The van der Waals surface area contributed by atoms with Crippen LogP contribution in [0.3, 0.4) is 0 Å². The van der Waals surface area contributed by atoms with E-state index in [0.717, 1.165) is 24.6 Å². The minimum absolute atomic E-state index is 0.0392. The maximum atomic E-state index is 11.7. The molecule has 1 unspecified atom stereocenters. The van der Waals surface area contributed by atoms with Crippen LogP contribution in [0.4, 0.5) is 13.2 Å². The number of halogens is 3. The average molecular weight is 270 g/mol. The molecule has 1 heterocycles. The fraction of sp³-hybridized carbons (Fsp3) is 0.900. The highest BCUT2D eigenvalue weighted by Crippen LogP contribution is 2.23. The zero-order chi connectivity index (χ0) is 12.7. The molecule has 1 aliphatic heterocycles. The molecular formula is C10H17F3N2OS. The van der Waals surface area contributed by atoms with Crippen LogP contribution in [-0.4, -0.2) is 42.9 Å². The highest BCUT2D eigenvalue weighted by molar-refractivity contribution is 8.14. The molecular weight excluding hydrogens is 253 g/mol. The molecule has 3 nitrogen and oxygen atoms in total. The third-order valence-corrected chi connectivity index (χ3v) is 3.33. The van der Waals surface area contributed by atoms with Crippen LogP contribution in [0.2, 0.25) is 0 Å². The van der Waals surface area contributed by atoms with Crippen LogP contribution in [0.5, 0.6) is 0 Å². The van der Waals surface area contributed by atoms with Gasteiger partial charge in [-0.3, -0.25) is 4.99 Å². The predicted molar refractivity (Wildman–Crippen MR) is 63.5 cm³/mol. The van der Waals surface area contributed by atoms with Crippen LogP contribution in [0, 0.1) is 0 Å². The Morgan fingerprint density at radius 2 is 2.29 bits per heavy atom. The van der Waals surface area contributed by atoms with Gasteiger partial charge in [-0.1, -0.05) is 25.1 Å². The lowest BCUT2D eigenvalue weighted by Crippen LogP contribution is -2.26. The van der Waals surface area contributed by atoms with E-state index < -0.39 is 12.8 Å². The van der Waals surface area contributed by atoms with Crippen LogP contribution in [0.1, 0.15) is 19.8 Å². The molecule has 100 valence electrons. The van der Waals surface area contributed by atoms with Crippen LogP contribution in [-0.2, 0) is 4.74 Å². The number of alkyl halides is 3. The maximum absolute atomic E-state index is 11.7. The molecule has 0 spiro atoms. The van der Waals surface area contributed by atoms with E-state index in [1.807, 2.05) is 0 Å². The van der Waals surface area contributed by atoms with Gasteiger partial charge in [-0.2, -0.15) is 13.2 Å². The summed E-state index contributed by atoms with van der Waals surface area (Å²) in [5.41, 5.74) is 0. The Kier molecular flexibility index (Phi) is 6.11. The van der Waals surface area contributed by atoms with Crippen LogP contribution in [0.25, 0.3) is 0 Å². The first-order valence-corrected chi connectivity index (χ1v) is 6.48. The molecule has 0 aromatic rings. The topological polar surface area (TPSA) is 33.6 Å². The van der Waals surface area contributed by atoms with Gasteiger partial charge in [0.25, 0.3) is 0 Å². The van der Waals surface area contributed by atoms with Gasteiger partial charge in [0.15, 0.2) is 5.17 Å². The van der Waals surface area contributed by atoms with Crippen molar-refractivity contribution in [2.24, 2.45) is 4.99 Å². The van der Waals surface area contributed by atoms with Crippen molar-refractivity contribution >= 4 is 16.9 Å². The lowest BCUT2D eigenvalue weighted by Gasteiger charge is -2.09. The summed E-state index contributed by atoms with van der Waals surface area (Å²) < 4.78 is 39.7. The van der Waals surface area contributed by atoms with E-state index >= 15 is 0 Å². The van der Waals surface area contributed by atoms with Crippen molar-refractivity contribution in [1.82, 2.24) is 5.32 Å². The number of hydrogen-bond acceptors (Lipinski definition) is 4. The molecule has 0 bridgehead atoms. The van der Waals surface area contributed by atoms with Crippen molar-refractivity contribution < 1.29 is 17.9 Å². The SMILES string of the molecule is CCCC1CN=C(NCCOCC(F)(F)F)S1. The Bertz CT molecular complexity index is 258. The minimum atomic E-state index is -4.24. The van der Waals surface area contributed by atoms with Gasteiger partial charge < -0.3 is 10.1 Å². The first-order valence-electron chi connectivity index (χ1n) is 5.60. The van der Waals surface area contributed by atoms with Crippen LogP contribution >= 0.6 is 11.8 Å². The number of aliphatic imine (C=N–C) groups is 1. The van der Waals surface area contributed by atoms with Gasteiger partial charge in [0.05, 0.1) is 13.2 Å². The summed E-state index contributed by atoms with van der Waals surface area (Å²) in [6.45, 7) is 2.13. The largest absolute Gasteiger partial charge is 0.411 e. The number of rotatable bonds is 6. The fourth-order valence-corrected chi connectivity index (χ4v) is 2.56. The molecule has 0 aromatic heterocycles. The van der Waals surface area contributed by atoms with E-state index in [0.29, 0.717) is 11.8 Å². The van der Waals surface area contributed by atoms with E-state index in [2.05, 4.69) is 22.0 Å². The normalized spacial score (nSPS) is 20.5. The second-order valence-corrected chi connectivity index (χ2v) is 5.06. The molecule has 7 heteroatoms. The lowest BCUT2D eigenvalue weighted by atomic mass is 10.2. The number of amidine groups is 1. The number of thioether (sulfide) groups is 1. The standard InChI is InChI=1S/C10H17F3N2OS/c1-2-3-8-6-15-9(17-8)14-4-5-16-7-10(11,12)13/h8H,2-7H2,1H3,(H,14,15). The Balaban J connectivity index is 2.01. The van der Waals surface area contributed by atoms with Crippen molar-refractivity contribution in [1.29, 1.82) is 0 Å². The average Bonchev–Trinajstić information content (AvgIpc) is 2.64. The van der Waals surface area contributed by atoms with E-state index in [1.165, 1.54) is 0 Å². The molecule has 17 heavy (non-hydrogen) atoms. The third-order valence-electron chi connectivity index (χ3n) is 2.12. The first kappa shape index (κ1) is 14.6. The molecule has 1 N–H and O–H groups in total. The molecule has 0 radical (unpaired) electrons. The molecule has 0 saturated carbocycles. The van der Waals surface area contributed by atoms with Crippen molar-refractivity contribution in [3.8, 4) is 0 Å². The molecule has 0 aliphatic carbocycles. The quantitative estimate of drug-likeness (QED) is 0.753.